The largest absolute Gasteiger partial charge is 0.416 e. The number of alkyl halides is 3. The fraction of sp³-hybridized carbons (Fsp3) is 0.143. The topological polar surface area (TPSA) is 24.1 Å². The van der Waals surface area contributed by atoms with Crippen LogP contribution in [0, 0.1) is 0 Å². The quantitative estimate of drug-likeness (QED) is 0.795. The Hall–Kier alpha value is -1.73. The number of rotatable bonds is 2. The molecule has 0 saturated carbocycles. The second kappa shape index (κ2) is 6.36. The molecule has 1 aliphatic carbocycles. The van der Waals surface area contributed by atoms with Gasteiger partial charge in [0.2, 0.25) is 0 Å². The lowest BCUT2D eigenvalue weighted by molar-refractivity contribution is -0.137. The smallest absolute Gasteiger partial charge is 0.332 e. The van der Waals surface area contributed by atoms with Crippen molar-refractivity contribution in [2.45, 2.75) is 12.6 Å². The predicted molar refractivity (Wildman–Crippen MR) is 85.2 cm³/mol. The summed E-state index contributed by atoms with van der Waals surface area (Å²) in [4.78, 5) is 0.700. The van der Waals surface area contributed by atoms with Gasteiger partial charge in [0.1, 0.15) is 0 Å². The Balaban J connectivity index is 2.05. The average molecular weight is 328 g/mol. The first-order valence-electron chi connectivity index (χ1n) is 6.01. The first-order valence-corrected chi connectivity index (χ1v) is 6.83. The molecular weight excluding hydrogens is 317 g/mol. The van der Waals surface area contributed by atoms with Crippen molar-refractivity contribution in [3.8, 4) is 0 Å². The van der Waals surface area contributed by atoms with E-state index < -0.39 is 11.7 Å². The first kappa shape index (κ1) is 15.7. The Labute approximate surface area is 130 Å². The Bertz CT molecular complexity index is 633. The Morgan fingerprint density at radius 3 is 2.62 bits per heavy atom. The van der Waals surface area contributed by atoms with Gasteiger partial charge in [-0.25, -0.2) is 0 Å². The molecule has 0 bridgehead atoms. The van der Waals surface area contributed by atoms with Gasteiger partial charge in [0, 0.05) is 17.0 Å². The molecule has 0 amide bonds. The average Bonchev–Trinajstić information content (AvgIpc) is 2.41. The molecule has 110 valence electrons. The molecular formula is C14H11F3N2S2. The van der Waals surface area contributed by atoms with Crippen LogP contribution in [0.4, 0.5) is 18.9 Å². The number of halogens is 3. The molecule has 2 nitrogen and oxygen atoms in total. The summed E-state index contributed by atoms with van der Waals surface area (Å²) in [5, 5.41) is 5.79. The fourth-order valence-electron chi connectivity index (χ4n) is 1.71. The molecule has 0 atom stereocenters. The maximum absolute atomic E-state index is 12.6. The van der Waals surface area contributed by atoms with Crippen molar-refractivity contribution in [2.75, 3.05) is 5.32 Å². The summed E-state index contributed by atoms with van der Waals surface area (Å²) < 4.78 is 37.9. The van der Waals surface area contributed by atoms with Crippen molar-refractivity contribution in [1.29, 1.82) is 0 Å². The summed E-state index contributed by atoms with van der Waals surface area (Å²) in [6.07, 6.45) is 1.78. The van der Waals surface area contributed by atoms with Gasteiger partial charge in [-0.2, -0.15) is 13.2 Å². The highest BCUT2D eigenvalue weighted by molar-refractivity contribution is 7.81. The van der Waals surface area contributed by atoms with Crippen LogP contribution < -0.4 is 10.6 Å². The molecule has 0 unspecified atom stereocenters. The molecule has 0 aromatic heterocycles. The van der Waals surface area contributed by atoms with Crippen molar-refractivity contribution < 1.29 is 13.2 Å². The third kappa shape index (κ3) is 4.37. The van der Waals surface area contributed by atoms with Crippen molar-refractivity contribution in [3.63, 3.8) is 0 Å². The fourth-order valence-corrected chi connectivity index (χ4v) is 2.15. The monoisotopic (exact) mass is 328 g/mol. The first-order chi connectivity index (χ1) is 9.86. The molecule has 1 aromatic rings. The molecule has 1 aromatic carbocycles. The van der Waals surface area contributed by atoms with Crippen LogP contribution in [-0.2, 0) is 6.18 Å². The molecule has 1 aliphatic rings. The number of allylic oxidation sites excluding steroid dienone is 4. The van der Waals surface area contributed by atoms with E-state index in [4.69, 9.17) is 24.4 Å². The van der Waals surface area contributed by atoms with E-state index in [0.29, 0.717) is 17.0 Å². The van der Waals surface area contributed by atoms with Crippen molar-refractivity contribution in [3.05, 3.63) is 53.8 Å². The zero-order valence-electron chi connectivity index (χ0n) is 10.7. The van der Waals surface area contributed by atoms with Crippen molar-refractivity contribution in [2.24, 2.45) is 0 Å². The van der Waals surface area contributed by atoms with Crippen LogP contribution in [0.1, 0.15) is 12.0 Å². The molecule has 0 saturated heterocycles. The van der Waals surface area contributed by atoms with Crippen LogP contribution in [0.2, 0.25) is 0 Å². The van der Waals surface area contributed by atoms with Crippen molar-refractivity contribution >= 4 is 40.1 Å². The second-order valence-electron chi connectivity index (χ2n) is 4.29. The van der Waals surface area contributed by atoms with E-state index in [1.54, 1.807) is 6.08 Å². The molecule has 0 aliphatic heterocycles. The summed E-state index contributed by atoms with van der Waals surface area (Å²) in [7, 11) is 0. The van der Waals surface area contributed by atoms with E-state index in [1.807, 2.05) is 12.2 Å². The number of thiocarbonyl (C=S) groups is 2. The highest BCUT2D eigenvalue weighted by Crippen LogP contribution is 2.30. The summed E-state index contributed by atoms with van der Waals surface area (Å²) in [6, 6.07) is 4.84. The van der Waals surface area contributed by atoms with E-state index >= 15 is 0 Å². The van der Waals surface area contributed by atoms with E-state index in [1.165, 1.54) is 12.1 Å². The van der Waals surface area contributed by atoms with Gasteiger partial charge in [-0.3, -0.25) is 0 Å². The van der Waals surface area contributed by atoms with Gasteiger partial charge >= 0.3 is 6.18 Å². The SMILES string of the molecule is FC(F)(F)c1cccc(NC(=S)NC2=CC=CCC2=S)c1. The minimum absolute atomic E-state index is 0.193. The lowest BCUT2D eigenvalue weighted by atomic mass is 10.1. The zero-order chi connectivity index (χ0) is 15.5. The minimum Gasteiger partial charge on any atom is -0.332 e. The molecule has 0 fully saturated rings. The molecule has 0 spiro atoms. The van der Waals surface area contributed by atoms with E-state index in [0.717, 1.165) is 12.1 Å². The summed E-state index contributed by atoms with van der Waals surface area (Å²) >= 11 is 10.2. The Kier molecular flexibility index (Phi) is 4.74. The van der Waals surface area contributed by atoms with E-state index in [2.05, 4.69) is 10.6 Å². The zero-order valence-corrected chi connectivity index (χ0v) is 12.3. The van der Waals surface area contributed by atoms with Crippen LogP contribution in [0.5, 0.6) is 0 Å². The van der Waals surface area contributed by atoms with Crippen LogP contribution in [0.3, 0.4) is 0 Å². The van der Waals surface area contributed by atoms with Gasteiger partial charge in [-0.15, -0.1) is 0 Å². The summed E-state index contributed by atoms with van der Waals surface area (Å²) in [6.45, 7) is 0. The highest BCUT2D eigenvalue weighted by Gasteiger charge is 2.30. The van der Waals surface area contributed by atoms with Crippen LogP contribution >= 0.6 is 24.4 Å². The minimum atomic E-state index is -4.38. The van der Waals surface area contributed by atoms with Crippen LogP contribution in [0.15, 0.2) is 48.2 Å². The summed E-state index contributed by atoms with van der Waals surface area (Å²) in [5.74, 6) is 0. The molecule has 0 heterocycles. The summed E-state index contributed by atoms with van der Waals surface area (Å²) in [5.41, 5.74) is 0.211. The van der Waals surface area contributed by atoms with Gasteiger partial charge < -0.3 is 10.6 Å². The van der Waals surface area contributed by atoms with Gasteiger partial charge in [0.25, 0.3) is 0 Å². The number of hydrogen-bond donors (Lipinski definition) is 2. The highest BCUT2D eigenvalue weighted by atomic mass is 32.1. The molecule has 2 N–H and O–H groups in total. The molecule has 2 rings (SSSR count). The predicted octanol–water partition coefficient (Wildman–Crippen LogP) is 4.21. The van der Waals surface area contributed by atoms with E-state index in [-0.39, 0.29) is 10.8 Å². The third-order valence-electron chi connectivity index (χ3n) is 2.70. The van der Waals surface area contributed by atoms with Crippen LogP contribution in [0.25, 0.3) is 0 Å². The molecule has 21 heavy (non-hydrogen) atoms. The van der Waals surface area contributed by atoms with Gasteiger partial charge in [-0.1, -0.05) is 30.4 Å². The Morgan fingerprint density at radius 2 is 1.95 bits per heavy atom. The number of hydrogen-bond acceptors (Lipinski definition) is 2. The number of benzene rings is 1. The maximum Gasteiger partial charge on any atom is 0.416 e. The second-order valence-corrected chi connectivity index (χ2v) is 5.19. The van der Waals surface area contributed by atoms with Crippen molar-refractivity contribution in [1.82, 2.24) is 5.32 Å². The van der Waals surface area contributed by atoms with Gasteiger partial charge in [0.15, 0.2) is 5.11 Å². The lowest BCUT2D eigenvalue weighted by Gasteiger charge is -2.16. The molecule has 7 heteroatoms. The van der Waals surface area contributed by atoms with E-state index in [9.17, 15) is 13.2 Å². The lowest BCUT2D eigenvalue weighted by Crippen LogP contribution is -2.31. The van der Waals surface area contributed by atoms with Gasteiger partial charge in [-0.05, 0) is 36.5 Å². The molecule has 0 radical (unpaired) electrons. The van der Waals surface area contributed by atoms with Gasteiger partial charge in [0.05, 0.1) is 11.3 Å². The number of anilines is 1. The number of nitrogens with one attached hydrogen (secondary N) is 2. The maximum atomic E-state index is 12.6. The Morgan fingerprint density at radius 1 is 1.19 bits per heavy atom. The third-order valence-corrected chi connectivity index (χ3v) is 3.29. The normalized spacial score (nSPS) is 14.6. The standard InChI is InChI=1S/C14H11F3N2S2/c15-14(16,17)9-4-3-5-10(8-9)18-13(21)19-11-6-1-2-7-12(11)20/h1-6,8H,7H2,(H2,18,19,21). The van der Waals surface area contributed by atoms with Crippen LogP contribution in [-0.4, -0.2) is 9.98 Å².